The van der Waals surface area contributed by atoms with Gasteiger partial charge in [-0.3, -0.25) is 0 Å². The fraction of sp³-hybridized carbons (Fsp3) is 0.889. The van der Waals surface area contributed by atoms with E-state index in [2.05, 4.69) is 6.92 Å². The van der Waals surface area contributed by atoms with Crippen molar-refractivity contribution in [1.29, 1.82) is 0 Å². The van der Waals surface area contributed by atoms with Gasteiger partial charge in [0.2, 0.25) is 0 Å². The van der Waals surface area contributed by atoms with Crippen molar-refractivity contribution in [3.63, 3.8) is 0 Å². The van der Waals surface area contributed by atoms with Gasteiger partial charge in [0.05, 0.1) is 6.10 Å². The molecular weight excluding hydrogens is 156 g/mol. The maximum absolute atomic E-state index is 10.3. The second-order valence-electron chi connectivity index (χ2n) is 3.28. The number of epoxide rings is 1. The smallest absolute Gasteiger partial charge is 0.335 e. The van der Waals surface area contributed by atoms with Crippen molar-refractivity contribution in [2.75, 3.05) is 0 Å². The summed E-state index contributed by atoms with van der Waals surface area (Å²) in [5.74, 6) is -0.810. The molecule has 1 saturated heterocycles. The maximum Gasteiger partial charge on any atom is 0.335 e. The van der Waals surface area contributed by atoms with Gasteiger partial charge in [-0.15, -0.1) is 0 Å². The maximum atomic E-state index is 10.3. The second kappa shape index (κ2) is 4.45. The molecule has 3 heteroatoms. The molecule has 2 atom stereocenters. The average Bonchev–Trinajstić information content (AvgIpc) is 2.77. The normalized spacial score (nSPS) is 27.1. The molecule has 1 aliphatic heterocycles. The van der Waals surface area contributed by atoms with Gasteiger partial charge in [0, 0.05) is 0 Å². The van der Waals surface area contributed by atoms with Gasteiger partial charge in [0.15, 0.2) is 6.10 Å². The Labute approximate surface area is 72.7 Å². The summed E-state index contributed by atoms with van der Waals surface area (Å²) in [5.41, 5.74) is 0. The SMILES string of the molecule is CCCCCCC1OC1C(=O)O. The molecule has 1 fully saturated rings. The third-order valence-electron chi connectivity index (χ3n) is 2.17. The van der Waals surface area contributed by atoms with Crippen LogP contribution in [0, 0.1) is 0 Å². The van der Waals surface area contributed by atoms with Gasteiger partial charge >= 0.3 is 5.97 Å². The number of carbonyl (C=O) groups is 1. The highest BCUT2D eigenvalue weighted by molar-refractivity contribution is 5.75. The van der Waals surface area contributed by atoms with E-state index < -0.39 is 12.1 Å². The van der Waals surface area contributed by atoms with Crippen LogP contribution in [0.15, 0.2) is 0 Å². The van der Waals surface area contributed by atoms with Gasteiger partial charge in [0.25, 0.3) is 0 Å². The lowest BCUT2D eigenvalue weighted by molar-refractivity contribution is -0.138. The van der Waals surface area contributed by atoms with E-state index in [1.54, 1.807) is 0 Å². The zero-order valence-electron chi connectivity index (χ0n) is 7.45. The van der Waals surface area contributed by atoms with Gasteiger partial charge in [-0.05, 0) is 6.42 Å². The minimum Gasteiger partial charge on any atom is -0.479 e. The van der Waals surface area contributed by atoms with Crippen LogP contribution < -0.4 is 0 Å². The number of carboxylic acids is 1. The van der Waals surface area contributed by atoms with Gasteiger partial charge < -0.3 is 9.84 Å². The van der Waals surface area contributed by atoms with Crippen LogP contribution in [-0.4, -0.2) is 23.3 Å². The van der Waals surface area contributed by atoms with E-state index in [0.717, 1.165) is 12.8 Å². The quantitative estimate of drug-likeness (QED) is 0.491. The molecule has 1 heterocycles. The number of rotatable bonds is 6. The van der Waals surface area contributed by atoms with Crippen molar-refractivity contribution in [1.82, 2.24) is 0 Å². The van der Waals surface area contributed by atoms with Gasteiger partial charge in [0.1, 0.15) is 0 Å². The average molecular weight is 172 g/mol. The Morgan fingerprint density at radius 2 is 2.17 bits per heavy atom. The van der Waals surface area contributed by atoms with Crippen molar-refractivity contribution in [2.24, 2.45) is 0 Å². The van der Waals surface area contributed by atoms with Crippen molar-refractivity contribution < 1.29 is 14.6 Å². The van der Waals surface area contributed by atoms with Crippen LogP contribution in [0.2, 0.25) is 0 Å². The molecule has 0 aromatic carbocycles. The van der Waals surface area contributed by atoms with Crippen LogP contribution in [-0.2, 0) is 9.53 Å². The summed E-state index contributed by atoms with van der Waals surface area (Å²) in [6.45, 7) is 2.16. The lowest BCUT2D eigenvalue weighted by Crippen LogP contribution is -2.07. The Morgan fingerprint density at radius 1 is 1.42 bits per heavy atom. The van der Waals surface area contributed by atoms with Crippen LogP contribution in [0.4, 0.5) is 0 Å². The largest absolute Gasteiger partial charge is 0.479 e. The van der Waals surface area contributed by atoms with Gasteiger partial charge in [-0.1, -0.05) is 32.6 Å². The molecule has 2 unspecified atom stereocenters. The first-order valence-electron chi connectivity index (χ1n) is 4.64. The molecule has 0 aromatic heterocycles. The van der Waals surface area contributed by atoms with E-state index in [1.165, 1.54) is 19.3 Å². The van der Waals surface area contributed by atoms with E-state index in [1.807, 2.05) is 0 Å². The lowest BCUT2D eigenvalue weighted by atomic mass is 10.1. The number of hydrogen-bond donors (Lipinski definition) is 1. The molecule has 0 radical (unpaired) electrons. The first-order valence-corrected chi connectivity index (χ1v) is 4.64. The predicted octanol–water partition coefficient (Wildman–Crippen LogP) is 1.81. The fourth-order valence-electron chi connectivity index (χ4n) is 1.35. The summed E-state index contributed by atoms with van der Waals surface area (Å²) < 4.78 is 4.96. The van der Waals surface area contributed by atoms with Crippen LogP contribution in [0.5, 0.6) is 0 Å². The number of hydrogen-bond acceptors (Lipinski definition) is 2. The zero-order chi connectivity index (χ0) is 8.97. The highest BCUT2D eigenvalue weighted by Crippen LogP contribution is 2.27. The fourth-order valence-corrected chi connectivity index (χ4v) is 1.35. The van der Waals surface area contributed by atoms with Crippen molar-refractivity contribution >= 4 is 5.97 Å². The van der Waals surface area contributed by atoms with Crippen molar-refractivity contribution in [3.8, 4) is 0 Å². The first kappa shape index (κ1) is 9.52. The highest BCUT2D eigenvalue weighted by Gasteiger charge is 2.44. The molecule has 0 saturated carbocycles. The third kappa shape index (κ3) is 2.81. The van der Waals surface area contributed by atoms with Gasteiger partial charge in [-0.25, -0.2) is 4.79 Å². The summed E-state index contributed by atoms with van der Waals surface area (Å²) in [6.07, 6.45) is 5.19. The summed E-state index contributed by atoms with van der Waals surface area (Å²) in [4.78, 5) is 10.3. The number of unbranched alkanes of at least 4 members (excludes halogenated alkanes) is 3. The molecule has 12 heavy (non-hydrogen) atoms. The minimum absolute atomic E-state index is 0.0133. The molecule has 0 spiro atoms. The van der Waals surface area contributed by atoms with Crippen molar-refractivity contribution in [2.45, 2.75) is 51.2 Å². The molecule has 0 amide bonds. The summed E-state index contributed by atoms with van der Waals surface area (Å²) >= 11 is 0. The zero-order valence-corrected chi connectivity index (χ0v) is 7.45. The summed E-state index contributed by atoms with van der Waals surface area (Å²) in [7, 11) is 0. The minimum atomic E-state index is -0.810. The number of aliphatic carboxylic acids is 1. The molecule has 1 aliphatic rings. The summed E-state index contributed by atoms with van der Waals surface area (Å²) in [5, 5.41) is 8.50. The monoisotopic (exact) mass is 172 g/mol. The predicted molar refractivity (Wildman–Crippen MR) is 45.1 cm³/mol. The topological polar surface area (TPSA) is 49.8 Å². The number of carboxylic acid groups (broad SMARTS) is 1. The Kier molecular flexibility index (Phi) is 3.53. The van der Waals surface area contributed by atoms with E-state index >= 15 is 0 Å². The van der Waals surface area contributed by atoms with E-state index in [0.29, 0.717) is 0 Å². The van der Waals surface area contributed by atoms with Crippen LogP contribution in [0.3, 0.4) is 0 Å². The standard InChI is InChI=1S/C9H16O3/c1-2-3-4-5-6-7-8(12-7)9(10)11/h7-8H,2-6H2,1H3,(H,10,11). The van der Waals surface area contributed by atoms with E-state index in [-0.39, 0.29) is 6.10 Å². The first-order chi connectivity index (χ1) is 5.75. The molecule has 1 rings (SSSR count). The van der Waals surface area contributed by atoms with Crippen LogP contribution in [0.25, 0.3) is 0 Å². The number of ether oxygens (including phenoxy) is 1. The molecule has 70 valence electrons. The molecule has 0 bridgehead atoms. The molecule has 0 aliphatic carbocycles. The Hall–Kier alpha value is -0.570. The highest BCUT2D eigenvalue weighted by atomic mass is 16.6. The van der Waals surface area contributed by atoms with Crippen LogP contribution >= 0.6 is 0 Å². The van der Waals surface area contributed by atoms with Gasteiger partial charge in [-0.2, -0.15) is 0 Å². The summed E-state index contributed by atoms with van der Waals surface area (Å²) in [6, 6.07) is 0. The third-order valence-corrected chi connectivity index (χ3v) is 2.17. The lowest BCUT2D eigenvalue weighted by Gasteiger charge is -1.94. The molecule has 1 N–H and O–H groups in total. The van der Waals surface area contributed by atoms with E-state index in [4.69, 9.17) is 9.84 Å². The second-order valence-corrected chi connectivity index (χ2v) is 3.28. The van der Waals surface area contributed by atoms with E-state index in [9.17, 15) is 4.79 Å². The molecule has 3 nitrogen and oxygen atoms in total. The van der Waals surface area contributed by atoms with Crippen molar-refractivity contribution in [3.05, 3.63) is 0 Å². The Morgan fingerprint density at radius 3 is 2.67 bits per heavy atom. The molecule has 0 aromatic rings. The molecular formula is C9H16O3. The Bertz CT molecular complexity index is 156. The van der Waals surface area contributed by atoms with Crippen LogP contribution in [0.1, 0.15) is 39.0 Å². The Balaban J connectivity index is 1.93.